The van der Waals surface area contributed by atoms with Crippen molar-refractivity contribution < 1.29 is 9.21 Å². The smallest absolute Gasteiger partial charge is 0.254 e. The number of carbonyl (C=O) groups excluding carboxylic acids is 1. The van der Waals surface area contributed by atoms with E-state index in [0.29, 0.717) is 53.6 Å². The molecule has 0 atom stereocenters. The summed E-state index contributed by atoms with van der Waals surface area (Å²) in [5.74, 6) is 0.670. The first kappa shape index (κ1) is 21.0. The third-order valence-corrected chi connectivity index (χ3v) is 5.55. The van der Waals surface area contributed by atoms with Crippen LogP contribution in [-0.2, 0) is 0 Å². The fourth-order valence-electron chi connectivity index (χ4n) is 3.37. The molecule has 2 aromatic carbocycles. The average molecular weight is 453 g/mol. The number of anilines is 1. The Labute approximate surface area is 189 Å². The molecule has 6 nitrogen and oxygen atoms in total. The standard InChI is InChI=1S/C23H18Cl2N4O2/c24-18-6-3-5-17(14-18)22(30)28-10-12-29(13-11-28)23-20(15-26)27-21(31-23)9-8-16-4-1-2-7-19(16)25/h1-9,14H,10-13H2/b9-8+. The maximum absolute atomic E-state index is 12.7. The highest BCUT2D eigenvalue weighted by molar-refractivity contribution is 6.32. The van der Waals surface area contributed by atoms with Gasteiger partial charge < -0.3 is 14.2 Å². The molecule has 1 aromatic heterocycles. The topological polar surface area (TPSA) is 73.4 Å². The van der Waals surface area contributed by atoms with Gasteiger partial charge in [-0.25, -0.2) is 0 Å². The third kappa shape index (κ3) is 4.74. The van der Waals surface area contributed by atoms with Crippen molar-refractivity contribution in [3.63, 3.8) is 0 Å². The van der Waals surface area contributed by atoms with Crippen molar-refractivity contribution in [2.24, 2.45) is 0 Å². The predicted molar refractivity (Wildman–Crippen MR) is 121 cm³/mol. The largest absolute Gasteiger partial charge is 0.420 e. The zero-order valence-corrected chi connectivity index (χ0v) is 18.0. The number of piperazine rings is 1. The SMILES string of the molecule is N#Cc1nc(/C=C/c2ccccc2Cl)oc1N1CCN(C(=O)c2cccc(Cl)c2)CC1. The lowest BCUT2D eigenvalue weighted by molar-refractivity contribution is 0.0745. The minimum Gasteiger partial charge on any atom is -0.420 e. The molecule has 0 saturated carbocycles. The fourth-order valence-corrected chi connectivity index (χ4v) is 3.76. The van der Waals surface area contributed by atoms with E-state index >= 15 is 0 Å². The Morgan fingerprint density at radius 1 is 1.06 bits per heavy atom. The summed E-state index contributed by atoms with van der Waals surface area (Å²) in [7, 11) is 0. The first-order chi connectivity index (χ1) is 15.0. The molecule has 3 aromatic rings. The molecular formula is C23H18Cl2N4O2. The highest BCUT2D eigenvalue weighted by Gasteiger charge is 2.26. The number of oxazole rings is 1. The van der Waals surface area contributed by atoms with Gasteiger partial charge in [0, 0.05) is 47.9 Å². The van der Waals surface area contributed by atoms with Gasteiger partial charge in [0.15, 0.2) is 0 Å². The zero-order valence-electron chi connectivity index (χ0n) is 16.5. The van der Waals surface area contributed by atoms with E-state index in [1.165, 1.54) is 0 Å². The first-order valence-corrected chi connectivity index (χ1v) is 10.4. The average Bonchev–Trinajstić information content (AvgIpc) is 3.21. The Morgan fingerprint density at radius 2 is 1.84 bits per heavy atom. The van der Waals surface area contributed by atoms with Crippen LogP contribution in [0.4, 0.5) is 5.88 Å². The molecule has 1 aliphatic heterocycles. The maximum Gasteiger partial charge on any atom is 0.254 e. The first-order valence-electron chi connectivity index (χ1n) is 9.68. The molecule has 156 valence electrons. The lowest BCUT2D eigenvalue weighted by Crippen LogP contribution is -2.48. The van der Waals surface area contributed by atoms with Gasteiger partial charge in [-0.05, 0) is 35.9 Å². The summed E-state index contributed by atoms with van der Waals surface area (Å²) in [6, 6.07) is 16.4. The number of nitrogens with zero attached hydrogens (tertiary/aromatic N) is 4. The number of hydrogen-bond acceptors (Lipinski definition) is 5. The monoisotopic (exact) mass is 452 g/mol. The molecule has 0 aliphatic carbocycles. The molecule has 31 heavy (non-hydrogen) atoms. The number of carbonyl (C=O) groups is 1. The Balaban J connectivity index is 1.45. The number of halogens is 2. The number of amides is 1. The van der Waals surface area contributed by atoms with Crippen LogP contribution in [0.3, 0.4) is 0 Å². The minimum absolute atomic E-state index is 0.0661. The molecule has 4 rings (SSSR count). The molecule has 0 spiro atoms. The second kappa shape index (κ2) is 9.25. The molecule has 1 saturated heterocycles. The van der Waals surface area contributed by atoms with E-state index in [1.54, 1.807) is 47.4 Å². The van der Waals surface area contributed by atoms with Gasteiger partial charge in [-0.2, -0.15) is 10.2 Å². The lowest BCUT2D eigenvalue weighted by atomic mass is 10.2. The Hall–Kier alpha value is -3.27. The second-order valence-electron chi connectivity index (χ2n) is 6.96. The van der Waals surface area contributed by atoms with E-state index < -0.39 is 0 Å². The van der Waals surface area contributed by atoms with Gasteiger partial charge in [-0.1, -0.05) is 47.5 Å². The summed E-state index contributed by atoms with van der Waals surface area (Å²) in [4.78, 5) is 20.7. The summed E-state index contributed by atoms with van der Waals surface area (Å²) in [6.07, 6.45) is 3.48. The van der Waals surface area contributed by atoms with Gasteiger partial charge in [-0.3, -0.25) is 4.79 Å². The van der Waals surface area contributed by atoms with E-state index in [1.807, 2.05) is 23.1 Å². The van der Waals surface area contributed by atoms with Crippen molar-refractivity contribution in [1.29, 1.82) is 5.26 Å². The van der Waals surface area contributed by atoms with Crippen LogP contribution in [0, 0.1) is 11.3 Å². The van der Waals surface area contributed by atoms with Gasteiger partial charge >= 0.3 is 0 Å². The summed E-state index contributed by atoms with van der Waals surface area (Å²) >= 11 is 12.2. The number of nitriles is 1. The molecule has 1 amide bonds. The van der Waals surface area contributed by atoms with Crippen LogP contribution in [0.15, 0.2) is 52.9 Å². The quantitative estimate of drug-likeness (QED) is 0.557. The van der Waals surface area contributed by atoms with Crippen LogP contribution < -0.4 is 4.90 Å². The summed E-state index contributed by atoms with van der Waals surface area (Å²) in [6.45, 7) is 2.07. The molecule has 0 N–H and O–H groups in total. The normalized spacial score (nSPS) is 14.1. The Morgan fingerprint density at radius 3 is 2.55 bits per heavy atom. The molecule has 1 fully saturated rings. The van der Waals surface area contributed by atoms with Gasteiger partial charge in [0.05, 0.1) is 0 Å². The molecule has 0 radical (unpaired) electrons. The highest BCUT2D eigenvalue weighted by atomic mass is 35.5. The summed E-state index contributed by atoms with van der Waals surface area (Å²) in [5, 5.41) is 10.6. The molecular weight excluding hydrogens is 435 g/mol. The van der Waals surface area contributed by atoms with E-state index in [2.05, 4.69) is 11.1 Å². The minimum atomic E-state index is -0.0661. The summed E-state index contributed by atoms with van der Waals surface area (Å²) < 4.78 is 5.84. The predicted octanol–water partition coefficient (Wildman–Crippen LogP) is 4.99. The molecule has 2 heterocycles. The second-order valence-corrected chi connectivity index (χ2v) is 7.81. The number of hydrogen-bond donors (Lipinski definition) is 0. The van der Waals surface area contributed by atoms with Crippen LogP contribution in [0.5, 0.6) is 0 Å². The van der Waals surface area contributed by atoms with E-state index in [-0.39, 0.29) is 11.6 Å². The van der Waals surface area contributed by atoms with Crippen molar-refractivity contribution in [3.05, 3.63) is 81.3 Å². The van der Waals surface area contributed by atoms with E-state index in [9.17, 15) is 10.1 Å². The van der Waals surface area contributed by atoms with E-state index in [4.69, 9.17) is 27.6 Å². The summed E-state index contributed by atoms with van der Waals surface area (Å²) in [5.41, 5.74) is 1.61. The fraction of sp³-hybridized carbons (Fsp3) is 0.174. The van der Waals surface area contributed by atoms with Gasteiger partial charge in [0.2, 0.25) is 17.5 Å². The van der Waals surface area contributed by atoms with Gasteiger partial charge in [0.1, 0.15) is 6.07 Å². The number of aromatic nitrogens is 1. The molecule has 8 heteroatoms. The van der Waals surface area contributed by atoms with Crippen LogP contribution in [-0.4, -0.2) is 42.0 Å². The maximum atomic E-state index is 12.7. The van der Waals surface area contributed by atoms with Gasteiger partial charge in [-0.15, -0.1) is 0 Å². The zero-order chi connectivity index (χ0) is 21.8. The van der Waals surface area contributed by atoms with Crippen molar-refractivity contribution in [1.82, 2.24) is 9.88 Å². The lowest BCUT2D eigenvalue weighted by Gasteiger charge is -2.34. The van der Waals surface area contributed by atoms with Crippen LogP contribution >= 0.6 is 23.2 Å². The van der Waals surface area contributed by atoms with E-state index in [0.717, 1.165) is 5.56 Å². The molecule has 0 unspecified atom stereocenters. The Kier molecular flexibility index (Phi) is 6.26. The third-order valence-electron chi connectivity index (χ3n) is 4.97. The van der Waals surface area contributed by atoms with Crippen LogP contribution in [0.2, 0.25) is 10.0 Å². The van der Waals surface area contributed by atoms with Crippen molar-refractivity contribution in [2.75, 3.05) is 31.1 Å². The van der Waals surface area contributed by atoms with Crippen molar-refractivity contribution >= 4 is 47.1 Å². The van der Waals surface area contributed by atoms with Gasteiger partial charge in [0.25, 0.3) is 5.91 Å². The number of rotatable bonds is 4. The van der Waals surface area contributed by atoms with Crippen LogP contribution in [0.25, 0.3) is 12.2 Å². The van der Waals surface area contributed by atoms with Crippen molar-refractivity contribution in [3.8, 4) is 6.07 Å². The highest BCUT2D eigenvalue weighted by Crippen LogP contribution is 2.25. The van der Waals surface area contributed by atoms with Crippen LogP contribution in [0.1, 0.15) is 27.5 Å². The van der Waals surface area contributed by atoms with Crippen molar-refractivity contribution in [2.45, 2.75) is 0 Å². The molecule has 1 aliphatic rings. The molecule has 0 bridgehead atoms. The Bertz CT molecular complexity index is 1170. The number of benzene rings is 2.